The van der Waals surface area contributed by atoms with Crippen LogP contribution < -0.4 is 5.73 Å². The van der Waals surface area contributed by atoms with Crippen LogP contribution in [0.25, 0.3) is 11.1 Å². The zero-order chi connectivity index (χ0) is 21.8. The number of benzene rings is 3. The second-order valence-electron chi connectivity index (χ2n) is 8.49. The highest BCUT2D eigenvalue weighted by Gasteiger charge is 2.41. The molecule has 0 saturated carbocycles. The van der Waals surface area contributed by atoms with Crippen LogP contribution in [0.3, 0.4) is 0 Å². The Morgan fingerprint density at radius 3 is 2.26 bits per heavy atom. The van der Waals surface area contributed by atoms with E-state index in [9.17, 15) is 9.59 Å². The molecule has 4 rings (SSSR count). The van der Waals surface area contributed by atoms with Crippen molar-refractivity contribution in [1.82, 2.24) is 4.90 Å². The quantitative estimate of drug-likeness (QED) is 0.665. The molecular formula is C27H28N2O2. The minimum atomic E-state index is -0.627. The van der Waals surface area contributed by atoms with Gasteiger partial charge >= 0.3 is 0 Å². The van der Waals surface area contributed by atoms with Crippen molar-refractivity contribution in [3.63, 3.8) is 0 Å². The Balaban J connectivity index is 1.52. The second kappa shape index (κ2) is 8.76. The molecule has 2 N–H and O–H groups in total. The summed E-state index contributed by atoms with van der Waals surface area (Å²) in [5, 5.41) is 0. The third-order valence-electron chi connectivity index (χ3n) is 6.48. The molecule has 0 aromatic heterocycles. The Kier molecular flexibility index (Phi) is 5.90. The van der Waals surface area contributed by atoms with Crippen LogP contribution in [-0.2, 0) is 11.2 Å². The van der Waals surface area contributed by atoms with Crippen molar-refractivity contribution in [3.05, 3.63) is 95.6 Å². The van der Waals surface area contributed by atoms with Crippen LogP contribution in [0.2, 0.25) is 0 Å². The van der Waals surface area contributed by atoms with E-state index in [0.717, 1.165) is 11.1 Å². The lowest BCUT2D eigenvalue weighted by molar-refractivity contribution is -0.130. The first-order chi connectivity index (χ1) is 15.0. The second-order valence-corrected chi connectivity index (χ2v) is 8.49. The molecule has 158 valence electrons. The smallest absolute Gasteiger partial charge is 0.253 e. The number of aryl methyl sites for hydroxylation is 1. The molecule has 31 heavy (non-hydrogen) atoms. The van der Waals surface area contributed by atoms with Gasteiger partial charge in [0.1, 0.15) is 0 Å². The highest BCUT2D eigenvalue weighted by molar-refractivity contribution is 5.94. The van der Waals surface area contributed by atoms with Crippen molar-refractivity contribution >= 4 is 11.8 Å². The Bertz CT molecular complexity index is 1080. The first-order valence-electron chi connectivity index (χ1n) is 10.8. The minimum Gasteiger partial charge on any atom is -0.369 e. The molecule has 1 aliphatic heterocycles. The number of carbonyl (C=O) groups is 2. The summed E-state index contributed by atoms with van der Waals surface area (Å²) in [5.41, 5.74) is 10.6. The fraction of sp³-hybridized carbons (Fsp3) is 0.259. The summed E-state index contributed by atoms with van der Waals surface area (Å²) in [6.07, 6.45) is 1.75. The van der Waals surface area contributed by atoms with E-state index >= 15 is 0 Å². The molecule has 0 bridgehead atoms. The molecule has 0 spiro atoms. The van der Waals surface area contributed by atoms with E-state index in [4.69, 9.17) is 5.73 Å². The SMILES string of the molecule is Cc1ccccc1-c1cccc(CC2(C(N)=O)CCN(C(=O)c3ccccc3)CC2)c1. The molecule has 0 radical (unpaired) electrons. The molecular weight excluding hydrogens is 384 g/mol. The van der Waals surface area contributed by atoms with Gasteiger partial charge in [-0.05, 0) is 60.6 Å². The molecule has 4 nitrogen and oxygen atoms in total. The van der Waals surface area contributed by atoms with Gasteiger partial charge in [0.25, 0.3) is 5.91 Å². The predicted molar refractivity (Wildman–Crippen MR) is 124 cm³/mol. The maximum Gasteiger partial charge on any atom is 0.253 e. The van der Waals surface area contributed by atoms with E-state index in [2.05, 4.69) is 37.3 Å². The molecule has 1 aliphatic rings. The lowest BCUT2D eigenvalue weighted by atomic mass is 9.73. The molecule has 0 aliphatic carbocycles. The number of piperidine rings is 1. The highest BCUT2D eigenvalue weighted by atomic mass is 16.2. The fourth-order valence-corrected chi connectivity index (χ4v) is 4.55. The van der Waals surface area contributed by atoms with Crippen molar-refractivity contribution < 1.29 is 9.59 Å². The summed E-state index contributed by atoms with van der Waals surface area (Å²) in [6, 6.07) is 26.0. The maximum absolute atomic E-state index is 12.8. The number of hydrogen-bond donors (Lipinski definition) is 1. The van der Waals surface area contributed by atoms with E-state index < -0.39 is 5.41 Å². The average molecular weight is 413 g/mol. The molecule has 3 aromatic carbocycles. The number of likely N-dealkylation sites (tertiary alicyclic amines) is 1. The number of hydrogen-bond acceptors (Lipinski definition) is 2. The zero-order valence-electron chi connectivity index (χ0n) is 17.9. The fourth-order valence-electron chi connectivity index (χ4n) is 4.55. The molecule has 1 heterocycles. The van der Waals surface area contributed by atoms with Gasteiger partial charge in [0.15, 0.2) is 0 Å². The van der Waals surface area contributed by atoms with E-state index in [1.807, 2.05) is 53.4 Å². The van der Waals surface area contributed by atoms with Gasteiger partial charge in [0.2, 0.25) is 5.91 Å². The average Bonchev–Trinajstić information content (AvgIpc) is 2.80. The van der Waals surface area contributed by atoms with Crippen LogP contribution in [0.15, 0.2) is 78.9 Å². The number of primary amides is 1. The Morgan fingerprint density at radius 2 is 1.58 bits per heavy atom. The molecule has 4 heteroatoms. The Morgan fingerprint density at radius 1 is 0.903 bits per heavy atom. The number of nitrogens with zero attached hydrogens (tertiary/aromatic N) is 1. The van der Waals surface area contributed by atoms with Gasteiger partial charge in [0.05, 0.1) is 5.41 Å². The van der Waals surface area contributed by atoms with Crippen molar-refractivity contribution in [2.45, 2.75) is 26.2 Å². The topological polar surface area (TPSA) is 63.4 Å². The summed E-state index contributed by atoms with van der Waals surface area (Å²) in [5.74, 6) is -0.263. The minimum absolute atomic E-state index is 0.0141. The first-order valence-corrected chi connectivity index (χ1v) is 10.8. The van der Waals surface area contributed by atoms with Gasteiger partial charge in [-0.25, -0.2) is 0 Å². The summed E-state index contributed by atoms with van der Waals surface area (Å²) in [4.78, 5) is 27.2. The third kappa shape index (κ3) is 4.38. The van der Waals surface area contributed by atoms with Gasteiger partial charge in [0, 0.05) is 18.7 Å². The summed E-state index contributed by atoms with van der Waals surface area (Å²) >= 11 is 0. The first kappa shape index (κ1) is 20.9. The van der Waals surface area contributed by atoms with Gasteiger partial charge in [-0.3, -0.25) is 9.59 Å². The Labute approximate surface area is 183 Å². The highest BCUT2D eigenvalue weighted by Crippen LogP contribution is 2.36. The normalized spacial score (nSPS) is 15.5. The van der Waals surface area contributed by atoms with Gasteiger partial charge in [-0.2, -0.15) is 0 Å². The van der Waals surface area contributed by atoms with Crippen LogP contribution >= 0.6 is 0 Å². The number of nitrogens with two attached hydrogens (primary N) is 1. The van der Waals surface area contributed by atoms with Crippen molar-refractivity contribution in [3.8, 4) is 11.1 Å². The van der Waals surface area contributed by atoms with Gasteiger partial charge in [-0.15, -0.1) is 0 Å². The van der Waals surface area contributed by atoms with E-state index in [1.165, 1.54) is 11.1 Å². The van der Waals surface area contributed by atoms with Crippen LogP contribution in [0, 0.1) is 12.3 Å². The number of rotatable bonds is 5. The van der Waals surface area contributed by atoms with Crippen LogP contribution in [0.1, 0.15) is 34.3 Å². The van der Waals surface area contributed by atoms with Crippen molar-refractivity contribution in [1.29, 1.82) is 0 Å². The third-order valence-corrected chi connectivity index (χ3v) is 6.48. The molecule has 3 aromatic rings. The molecule has 2 amide bonds. The summed E-state index contributed by atoms with van der Waals surface area (Å²) in [6.45, 7) is 3.18. The van der Waals surface area contributed by atoms with Gasteiger partial charge in [-0.1, -0.05) is 66.7 Å². The van der Waals surface area contributed by atoms with E-state index in [-0.39, 0.29) is 11.8 Å². The molecule has 1 fully saturated rings. The van der Waals surface area contributed by atoms with Crippen LogP contribution in [0.5, 0.6) is 0 Å². The largest absolute Gasteiger partial charge is 0.369 e. The standard InChI is InChI=1S/C27H28N2O2/c1-20-8-5-6-13-24(20)23-12-7-9-21(18-23)19-27(26(28)31)14-16-29(17-15-27)25(30)22-10-3-2-4-11-22/h2-13,18H,14-17,19H2,1H3,(H2,28,31). The van der Waals surface area contributed by atoms with Crippen molar-refractivity contribution in [2.75, 3.05) is 13.1 Å². The van der Waals surface area contributed by atoms with Gasteiger partial charge < -0.3 is 10.6 Å². The zero-order valence-corrected chi connectivity index (χ0v) is 17.9. The molecule has 0 atom stereocenters. The predicted octanol–water partition coefficient (Wildman–Crippen LogP) is 4.61. The van der Waals surface area contributed by atoms with E-state index in [0.29, 0.717) is 37.9 Å². The van der Waals surface area contributed by atoms with Crippen LogP contribution in [-0.4, -0.2) is 29.8 Å². The van der Waals surface area contributed by atoms with Crippen LogP contribution in [0.4, 0.5) is 0 Å². The van der Waals surface area contributed by atoms with E-state index in [1.54, 1.807) is 0 Å². The molecule has 1 saturated heterocycles. The lowest BCUT2D eigenvalue weighted by Crippen LogP contribution is -2.49. The number of carbonyl (C=O) groups excluding carboxylic acids is 2. The number of amides is 2. The lowest BCUT2D eigenvalue weighted by Gasteiger charge is -2.40. The maximum atomic E-state index is 12.8. The summed E-state index contributed by atoms with van der Waals surface area (Å²) < 4.78 is 0. The summed E-state index contributed by atoms with van der Waals surface area (Å²) in [7, 11) is 0. The Hall–Kier alpha value is -3.40. The van der Waals surface area contributed by atoms with Crippen molar-refractivity contribution in [2.24, 2.45) is 11.1 Å². The monoisotopic (exact) mass is 412 g/mol. The molecule has 0 unspecified atom stereocenters.